The topological polar surface area (TPSA) is 58.2 Å². The molecule has 172 valence electrons. The minimum Gasteiger partial charge on any atom is -0.362 e. The molecule has 2 aromatic carbocycles. The van der Waals surface area contributed by atoms with Gasteiger partial charge in [-0.2, -0.15) is 0 Å². The highest BCUT2D eigenvalue weighted by Crippen LogP contribution is 2.46. The zero-order valence-corrected chi connectivity index (χ0v) is 19.2. The first-order valence-corrected chi connectivity index (χ1v) is 11.9. The summed E-state index contributed by atoms with van der Waals surface area (Å²) in [5.74, 6) is -1.97. The molecule has 0 saturated heterocycles. The number of ketones is 1. The maximum absolute atomic E-state index is 14.2. The Morgan fingerprint density at radius 3 is 2.53 bits per heavy atom. The third-order valence-corrected chi connectivity index (χ3v) is 7.34. The largest absolute Gasteiger partial charge is 0.362 e. The van der Waals surface area contributed by atoms with Gasteiger partial charge in [0.1, 0.15) is 11.6 Å². The second kappa shape index (κ2) is 8.99. The van der Waals surface area contributed by atoms with Crippen molar-refractivity contribution in [2.75, 3.05) is 5.32 Å². The monoisotopic (exact) mass is 476 g/mol. The van der Waals surface area contributed by atoms with E-state index in [0.29, 0.717) is 40.9 Å². The van der Waals surface area contributed by atoms with E-state index >= 15 is 0 Å². The summed E-state index contributed by atoms with van der Waals surface area (Å²) in [5, 5.41) is 8.10. The van der Waals surface area contributed by atoms with E-state index < -0.39 is 23.5 Å². The molecule has 1 aromatic heterocycles. The lowest BCUT2D eigenvalue weighted by atomic mass is 9.72. The fourth-order valence-corrected chi connectivity index (χ4v) is 5.65. The van der Waals surface area contributed by atoms with E-state index in [-0.39, 0.29) is 11.7 Å². The normalized spacial score (nSPS) is 20.1. The molecule has 2 N–H and O–H groups in total. The van der Waals surface area contributed by atoms with Gasteiger partial charge >= 0.3 is 0 Å². The van der Waals surface area contributed by atoms with E-state index in [1.165, 1.54) is 36.4 Å². The van der Waals surface area contributed by atoms with E-state index in [2.05, 4.69) is 10.6 Å². The Kier molecular flexibility index (Phi) is 5.87. The Bertz CT molecular complexity index is 1330. The lowest BCUT2D eigenvalue weighted by Crippen LogP contribution is -2.37. The molecule has 2 atom stereocenters. The SMILES string of the molecule is CC1=C(C(=O)Nc2ccc(F)cc2)C(c2cccc(F)c2)C2=C(CC(c3cccs3)CC2=O)N1. The van der Waals surface area contributed by atoms with Gasteiger partial charge in [-0.05, 0) is 66.8 Å². The molecule has 2 unspecified atom stereocenters. The first-order chi connectivity index (χ1) is 16.4. The molecular weight excluding hydrogens is 454 g/mol. The molecule has 3 aromatic rings. The average molecular weight is 477 g/mol. The van der Waals surface area contributed by atoms with Crippen LogP contribution in [0.5, 0.6) is 0 Å². The van der Waals surface area contributed by atoms with Crippen LogP contribution in [0.4, 0.5) is 14.5 Å². The molecule has 2 heterocycles. The van der Waals surface area contributed by atoms with E-state index in [1.54, 1.807) is 30.4 Å². The summed E-state index contributed by atoms with van der Waals surface area (Å²) < 4.78 is 27.5. The van der Waals surface area contributed by atoms with Crippen LogP contribution in [0.2, 0.25) is 0 Å². The van der Waals surface area contributed by atoms with Gasteiger partial charge in [-0.25, -0.2) is 8.78 Å². The maximum atomic E-state index is 14.2. The van der Waals surface area contributed by atoms with E-state index in [1.807, 2.05) is 17.5 Å². The quantitative estimate of drug-likeness (QED) is 0.484. The lowest BCUT2D eigenvalue weighted by Gasteiger charge is -2.36. The van der Waals surface area contributed by atoms with Crippen LogP contribution in [-0.2, 0) is 9.59 Å². The van der Waals surface area contributed by atoms with Gasteiger partial charge in [-0.1, -0.05) is 18.2 Å². The Hall–Kier alpha value is -3.58. The van der Waals surface area contributed by atoms with Crippen LogP contribution >= 0.6 is 11.3 Å². The number of thiophene rings is 1. The summed E-state index contributed by atoms with van der Waals surface area (Å²) in [6.45, 7) is 1.79. The molecule has 7 heteroatoms. The summed E-state index contributed by atoms with van der Waals surface area (Å²) in [4.78, 5) is 28.1. The number of hydrogen-bond acceptors (Lipinski definition) is 4. The van der Waals surface area contributed by atoms with Crippen molar-refractivity contribution >= 4 is 28.7 Å². The molecule has 1 aliphatic heterocycles. The first kappa shape index (κ1) is 22.2. The molecule has 5 rings (SSSR count). The van der Waals surface area contributed by atoms with Crippen molar-refractivity contribution < 1.29 is 18.4 Å². The summed E-state index contributed by atoms with van der Waals surface area (Å²) >= 11 is 1.62. The molecule has 4 nitrogen and oxygen atoms in total. The van der Waals surface area contributed by atoms with Gasteiger partial charge in [0.05, 0.1) is 0 Å². The van der Waals surface area contributed by atoms with Crippen LogP contribution in [0.3, 0.4) is 0 Å². The number of nitrogens with one attached hydrogen (secondary N) is 2. The number of halogens is 2. The van der Waals surface area contributed by atoms with Gasteiger partial charge in [0.15, 0.2) is 5.78 Å². The van der Waals surface area contributed by atoms with Gasteiger partial charge in [0.25, 0.3) is 5.91 Å². The first-order valence-electron chi connectivity index (χ1n) is 11.0. The molecule has 0 radical (unpaired) electrons. The van der Waals surface area contributed by atoms with E-state index in [9.17, 15) is 18.4 Å². The summed E-state index contributed by atoms with van der Waals surface area (Å²) in [6, 6.07) is 15.5. The standard InChI is InChI=1S/C27H22F2N2O2S/c1-15-24(27(33)31-20-9-7-18(28)8-10-20)25(16-4-2-5-19(29)12-16)26-21(30-15)13-17(14-22(26)32)23-6-3-11-34-23/h2-12,17,25,30H,13-14H2,1H3,(H,31,33). The second-order valence-corrected chi connectivity index (χ2v) is 9.53. The van der Waals surface area contributed by atoms with Crippen molar-refractivity contribution in [2.24, 2.45) is 0 Å². The molecule has 0 fully saturated rings. The van der Waals surface area contributed by atoms with E-state index in [0.717, 1.165) is 10.6 Å². The number of amides is 1. The highest BCUT2D eigenvalue weighted by atomic mass is 32.1. The number of Topliss-reactive ketones (excluding diaryl/α,β-unsaturated/α-hetero) is 1. The van der Waals surface area contributed by atoms with E-state index in [4.69, 9.17) is 0 Å². The number of benzene rings is 2. The van der Waals surface area contributed by atoms with Crippen LogP contribution in [0.1, 0.15) is 42.0 Å². The number of allylic oxidation sites excluding steroid dienone is 3. The van der Waals surface area contributed by atoms with Crippen molar-refractivity contribution in [2.45, 2.75) is 31.6 Å². The Morgan fingerprint density at radius 1 is 1.03 bits per heavy atom. The van der Waals surface area contributed by atoms with Crippen molar-refractivity contribution in [1.82, 2.24) is 5.32 Å². The predicted molar refractivity (Wildman–Crippen MR) is 128 cm³/mol. The van der Waals surface area contributed by atoms with Crippen molar-refractivity contribution in [3.63, 3.8) is 0 Å². The molecule has 0 bridgehead atoms. The Labute approximate surface area is 200 Å². The van der Waals surface area contributed by atoms with Gasteiger partial charge in [-0.15, -0.1) is 11.3 Å². The fourth-order valence-electron chi connectivity index (χ4n) is 4.82. The minimum atomic E-state index is -0.704. The fraction of sp³-hybridized carbons (Fsp3) is 0.185. The Balaban J connectivity index is 1.56. The van der Waals surface area contributed by atoms with Gasteiger partial charge in [-0.3, -0.25) is 9.59 Å². The third kappa shape index (κ3) is 4.19. The number of anilines is 1. The lowest BCUT2D eigenvalue weighted by molar-refractivity contribution is -0.116. The van der Waals surface area contributed by atoms with Crippen LogP contribution < -0.4 is 10.6 Å². The predicted octanol–water partition coefficient (Wildman–Crippen LogP) is 6.03. The highest BCUT2D eigenvalue weighted by Gasteiger charge is 2.41. The van der Waals surface area contributed by atoms with Crippen molar-refractivity contribution in [3.05, 3.63) is 111 Å². The molecule has 34 heavy (non-hydrogen) atoms. The van der Waals surface area contributed by atoms with Crippen molar-refractivity contribution in [3.8, 4) is 0 Å². The molecule has 1 aliphatic carbocycles. The third-order valence-electron chi connectivity index (χ3n) is 6.30. The van der Waals surface area contributed by atoms with Gasteiger partial charge in [0, 0.05) is 51.4 Å². The zero-order valence-electron chi connectivity index (χ0n) is 18.4. The summed E-state index contributed by atoms with van der Waals surface area (Å²) in [7, 11) is 0. The minimum absolute atomic E-state index is 0.0546. The molecule has 2 aliphatic rings. The maximum Gasteiger partial charge on any atom is 0.254 e. The smallest absolute Gasteiger partial charge is 0.254 e. The second-order valence-electron chi connectivity index (χ2n) is 8.55. The average Bonchev–Trinajstić information content (AvgIpc) is 3.34. The molecule has 0 spiro atoms. The Morgan fingerprint density at radius 2 is 1.82 bits per heavy atom. The molecule has 0 saturated carbocycles. The van der Waals surface area contributed by atoms with Crippen LogP contribution in [0, 0.1) is 11.6 Å². The van der Waals surface area contributed by atoms with Crippen LogP contribution in [0.25, 0.3) is 0 Å². The zero-order chi connectivity index (χ0) is 23.8. The van der Waals surface area contributed by atoms with Gasteiger partial charge < -0.3 is 10.6 Å². The molecule has 1 amide bonds. The summed E-state index contributed by atoms with van der Waals surface area (Å²) in [6.07, 6.45) is 0.969. The summed E-state index contributed by atoms with van der Waals surface area (Å²) in [5.41, 5.74) is 3.20. The van der Waals surface area contributed by atoms with Crippen LogP contribution in [0.15, 0.2) is 88.6 Å². The number of carbonyl (C=O) groups excluding carboxylic acids is 2. The molecular formula is C27H22F2N2O2S. The van der Waals surface area contributed by atoms with Crippen molar-refractivity contribution in [1.29, 1.82) is 0 Å². The highest BCUT2D eigenvalue weighted by molar-refractivity contribution is 7.10. The van der Waals surface area contributed by atoms with Crippen LogP contribution in [-0.4, -0.2) is 11.7 Å². The number of dihydropyridines is 1. The number of carbonyl (C=O) groups is 2. The number of rotatable bonds is 4. The van der Waals surface area contributed by atoms with Gasteiger partial charge in [0.2, 0.25) is 0 Å². The number of hydrogen-bond donors (Lipinski definition) is 2.